The minimum Gasteiger partial charge on any atom is -0.357 e. The number of carbonyl (C=O) groups is 2. The zero-order valence-corrected chi connectivity index (χ0v) is 12.4. The van der Waals surface area contributed by atoms with Crippen molar-refractivity contribution in [3.63, 3.8) is 0 Å². The molecule has 3 N–H and O–H groups in total. The summed E-state index contributed by atoms with van der Waals surface area (Å²) in [5, 5.41) is 8.33. The molecule has 21 heavy (non-hydrogen) atoms. The minimum absolute atomic E-state index is 0.222. The zero-order valence-electron chi connectivity index (χ0n) is 12.4. The molecule has 0 aromatic heterocycles. The third-order valence-electron chi connectivity index (χ3n) is 3.86. The summed E-state index contributed by atoms with van der Waals surface area (Å²) in [6, 6.07) is 8.53. The Hall–Kier alpha value is -2.04. The van der Waals surface area contributed by atoms with E-state index in [1.165, 1.54) is 6.42 Å². The van der Waals surface area contributed by atoms with Crippen LogP contribution in [0, 0.1) is 0 Å². The zero-order chi connectivity index (χ0) is 15.1. The first-order valence-corrected chi connectivity index (χ1v) is 7.54. The number of rotatable bonds is 4. The summed E-state index contributed by atoms with van der Waals surface area (Å²) in [7, 11) is 1.57. The van der Waals surface area contributed by atoms with Crippen molar-refractivity contribution in [2.75, 3.05) is 7.05 Å². The van der Waals surface area contributed by atoms with Crippen molar-refractivity contribution in [3.8, 4) is 0 Å². The number of amides is 3. The second-order valence-corrected chi connectivity index (χ2v) is 5.41. The highest BCUT2D eigenvalue weighted by Gasteiger charge is 2.23. The maximum atomic E-state index is 12.1. The standard InChI is InChI=1S/C16H23N3O2/c1-17-15(20)14(12-8-4-2-5-9-12)19-16(21)18-13-10-6-3-7-11-13/h2,4-5,8-9,13-14H,3,6-7,10-11H2,1H3,(H,17,20)(H2,18,19,21)/t14-/m0/s1. The number of hydrogen-bond donors (Lipinski definition) is 3. The first-order chi connectivity index (χ1) is 10.2. The van der Waals surface area contributed by atoms with E-state index >= 15 is 0 Å². The van der Waals surface area contributed by atoms with Gasteiger partial charge in [0.1, 0.15) is 6.04 Å². The van der Waals surface area contributed by atoms with E-state index in [1.807, 2.05) is 30.3 Å². The van der Waals surface area contributed by atoms with Crippen LogP contribution in [0.2, 0.25) is 0 Å². The molecule has 1 atom stereocenters. The molecule has 0 radical (unpaired) electrons. The molecule has 0 saturated heterocycles. The lowest BCUT2D eigenvalue weighted by Crippen LogP contribution is -2.47. The molecule has 1 aromatic rings. The number of benzene rings is 1. The van der Waals surface area contributed by atoms with E-state index in [1.54, 1.807) is 7.05 Å². The van der Waals surface area contributed by atoms with E-state index in [9.17, 15) is 9.59 Å². The lowest BCUT2D eigenvalue weighted by molar-refractivity contribution is -0.122. The van der Waals surface area contributed by atoms with Gasteiger partial charge in [-0.1, -0.05) is 49.6 Å². The Morgan fingerprint density at radius 2 is 1.76 bits per heavy atom. The number of hydrogen-bond acceptors (Lipinski definition) is 2. The molecular formula is C16H23N3O2. The van der Waals surface area contributed by atoms with Crippen LogP contribution in [0.5, 0.6) is 0 Å². The van der Waals surface area contributed by atoms with Crippen LogP contribution in [-0.4, -0.2) is 25.0 Å². The average Bonchev–Trinajstić information content (AvgIpc) is 2.53. The second kappa shape index (κ2) is 7.67. The van der Waals surface area contributed by atoms with Gasteiger partial charge >= 0.3 is 6.03 Å². The number of likely N-dealkylation sites (N-methyl/N-ethyl adjacent to an activating group) is 1. The third kappa shape index (κ3) is 4.48. The number of carbonyl (C=O) groups excluding carboxylic acids is 2. The van der Waals surface area contributed by atoms with Gasteiger partial charge in [-0.15, -0.1) is 0 Å². The molecule has 5 nitrogen and oxygen atoms in total. The van der Waals surface area contributed by atoms with Crippen molar-refractivity contribution in [2.45, 2.75) is 44.2 Å². The van der Waals surface area contributed by atoms with Gasteiger partial charge in [-0.3, -0.25) is 4.79 Å². The van der Waals surface area contributed by atoms with Crippen LogP contribution < -0.4 is 16.0 Å². The lowest BCUT2D eigenvalue weighted by atomic mass is 9.96. The second-order valence-electron chi connectivity index (χ2n) is 5.41. The summed E-state index contributed by atoms with van der Waals surface area (Å²) < 4.78 is 0. The maximum absolute atomic E-state index is 12.1. The average molecular weight is 289 g/mol. The molecule has 0 heterocycles. The first-order valence-electron chi connectivity index (χ1n) is 7.54. The van der Waals surface area contributed by atoms with E-state index in [4.69, 9.17) is 0 Å². The van der Waals surface area contributed by atoms with Crippen molar-refractivity contribution in [2.24, 2.45) is 0 Å². The van der Waals surface area contributed by atoms with Crippen LogP contribution in [0.15, 0.2) is 30.3 Å². The fourth-order valence-corrected chi connectivity index (χ4v) is 2.70. The van der Waals surface area contributed by atoms with Crippen molar-refractivity contribution in [1.29, 1.82) is 0 Å². The molecule has 0 bridgehead atoms. The van der Waals surface area contributed by atoms with Gasteiger partial charge in [-0.05, 0) is 18.4 Å². The Bertz CT molecular complexity index is 470. The highest BCUT2D eigenvalue weighted by molar-refractivity contribution is 5.88. The van der Waals surface area contributed by atoms with Crippen LogP contribution >= 0.6 is 0 Å². The first kappa shape index (κ1) is 15.4. The van der Waals surface area contributed by atoms with Crippen molar-refractivity contribution >= 4 is 11.9 Å². The molecule has 0 spiro atoms. The van der Waals surface area contributed by atoms with E-state index in [2.05, 4.69) is 16.0 Å². The molecule has 1 aromatic carbocycles. The highest BCUT2D eigenvalue weighted by atomic mass is 16.2. The summed E-state index contributed by atoms with van der Waals surface area (Å²) in [5.74, 6) is -0.222. The number of nitrogens with one attached hydrogen (secondary N) is 3. The largest absolute Gasteiger partial charge is 0.357 e. The molecular weight excluding hydrogens is 266 g/mol. The summed E-state index contributed by atoms with van der Waals surface area (Å²) in [5.41, 5.74) is 0.774. The molecule has 5 heteroatoms. The minimum atomic E-state index is -0.667. The quantitative estimate of drug-likeness (QED) is 0.794. The van der Waals surface area contributed by atoms with Crippen molar-refractivity contribution in [3.05, 3.63) is 35.9 Å². The smallest absolute Gasteiger partial charge is 0.315 e. The Balaban J connectivity index is 1.98. The van der Waals surface area contributed by atoms with Gasteiger partial charge in [0.2, 0.25) is 5.91 Å². The molecule has 1 saturated carbocycles. The van der Waals surface area contributed by atoms with Crippen LogP contribution in [0.4, 0.5) is 4.79 Å². The van der Waals surface area contributed by atoms with E-state index < -0.39 is 6.04 Å². The van der Waals surface area contributed by atoms with Gasteiger partial charge in [0.25, 0.3) is 0 Å². The van der Waals surface area contributed by atoms with Gasteiger partial charge in [-0.25, -0.2) is 4.79 Å². The van der Waals surface area contributed by atoms with Gasteiger partial charge in [0.15, 0.2) is 0 Å². The van der Waals surface area contributed by atoms with Gasteiger partial charge in [0.05, 0.1) is 0 Å². The van der Waals surface area contributed by atoms with Gasteiger partial charge < -0.3 is 16.0 Å². The summed E-state index contributed by atoms with van der Waals surface area (Å²) in [4.78, 5) is 24.1. The van der Waals surface area contributed by atoms with E-state index in [0.717, 1.165) is 31.2 Å². The molecule has 1 aliphatic carbocycles. The third-order valence-corrected chi connectivity index (χ3v) is 3.86. The van der Waals surface area contributed by atoms with Crippen LogP contribution in [0.25, 0.3) is 0 Å². The van der Waals surface area contributed by atoms with E-state index in [-0.39, 0.29) is 18.0 Å². The van der Waals surface area contributed by atoms with E-state index in [0.29, 0.717) is 0 Å². The molecule has 2 rings (SSSR count). The predicted octanol–water partition coefficient (Wildman–Crippen LogP) is 2.11. The fraction of sp³-hybridized carbons (Fsp3) is 0.500. The summed E-state index contributed by atoms with van der Waals surface area (Å²) in [6.45, 7) is 0. The Morgan fingerprint density at radius 3 is 2.38 bits per heavy atom. The summed E-state index contributed by atoms with van der Waals surface area (Å²) >= 11 is 0. The van der Waals surface area contributed by atoms with Crippen LogP contribution in [-0.2, 0) is 4.79 Å². The van der Waals surface area contributed by atoms with Crippen molar-refractivity contribution in [1.82, 2.24) is 16.0 Å². The van der Waals surface area contributed by atoms with Gasteiger partial charge in [-0.2, -0.15) is 0 Å². The SMILES string of the molecule is CNC(=O)[C@@H](NC(=O)NC1CCCCC1)c1ccccc1. The monoisotopic (exact) mass is 289 g/mol. The highest BCUT2D eigenvalue weighted by Crippen LogP contribution is 2.18. The van der Waals surface area contributed by atoms with Gasteiger partial charge in [0, 0.05) is 13.1 Å². The summed E-state index contributed by atoms with van der Waals surface area (Å²) in [6.07, 6.45) is 5.59. The topological polar surface area (TPSA) is 70.2 Å². The normalized spacial score (nSPS) is 16.8. The Morgan fingerprint density at radius 1 is 1.10 bits per heavy atom. The van der Waals surface area contributed by atoms with Crippen molar-refractivity contribution < 1.29 is 9.59 Å². The molecule has 0 aliphatic heterocycles. The molecule has 1 fully saturated rings. The van der Waals surface area contributed by atoms with Crippen LogP contribution in [0.1, 0.15) is 43.7 Å². The maximum Gasteiger partial charge on any atom is 0.315 e. The predicted molar refractivity (Wildman–Crippen MR) is 81.8 cm³/mol. The Kier molecular flexibility index (Phi) is 5.60. The van der Waals surface area contributed by atoms with Crippen LogP contribution in [0.3, 0.4) is 0 Å². The fourth-order valence-electron chi connectivity index (χ4n) is 2.70. The molecule has 0 unspecified atom stereocenters. The number of urea groups is 1. The molecule has 114 valence electrons. The Labute approximate surface area is 125 Å². The molecule has 1 aliphatic rings. The molecule has 3 amide bonds. The lowest BCUT2D eigenvalue weighted by Gasteiger charge is -2.24.